The minimum Gasteiger partial charge on any atom is -0.279 e. The van der Waals surface area contributed by atoms with Gasteiger partial charge in [0.25, 0.3) is 10.0 Å². The van der Waals surface area contributed by atoms with Crippen LogP contribution in [-0.2, 0) is 17.1 Å². The van der Waals surface area contributed by atoms with Crippen LogP contribution >= 0.6 is 23.2 Å². The van der Waals surface area contributed by atoms with Crippen molar-refractivity contribution in [3.8, 4) is 0 Å². The topological polar surface area (TPSA) is 64.0 Å². The fourth-order valence-electron chi connectivity index (χ4n) is 1.73. The summed E-state index contributed by atoms with van der Waals surface area (Å²) < 4.78 is 41.3. The summed E-state index contributed by atoms with van der Waals surface area (Å²) in [6.07, 6.45) is 0. The smallest absolute Gasteiger partial charge is 0.268 e. The zero-order valence-corrected chi connectivity index (χ0v) is 12.8. The number of aryl methyl sites for hydroxylation is 2. The van der Waals surface area contributed by atoms with E-state index in [0.717, 1.165) is 4.68 Å². The summed E-state index contributed by atoms with van der Waals surface area (Å²) in [5, 5.41) is 4.25. The highest BCUT2D eigenvalue weighted by atomic mass is 35.5. The minimum absolute atomic E-state index is 0.0608. The molecular formula is C11H10Cl2FN3O2S. The molecule has 0 aliphatic rings. The van der Waals surface area contributed by atoms with Gasteiger partial charge in [-0.3, -0.25) is 4.72 Å². The number of hydrogen-bond acceptors (Lipinski definition) is 3. The average Bonchev–Trinajstić information content (AvgIpc) is 2.50. The third kappa shape index (κ3) is 2.89. The monoisotopic (exact) mass is 337 g/mol. The number of sulfonamides is 1. The van der Waals surface area contributed by atoms with Gasteiger partial charge in [-0.15, -0.1) is 0 Å². The Balaban J connectivity index is 2.46. The van der Waals surface area contributed by atoms with Crippen LogP contribution in [0.1, 0.15) is 5.69 Å². The number of nitrogens with zero attached hydrogens (tertiary/aromatic N) is 2. The molecule has 0 radical (unpaired) electrons. The number of aromatic nitrogens is 2. The lowest BCUT2D eigenvalue weighted by molar-refractivity contribution is 0.483. The molecular weight excluding hydrogens is 328 g/mol. The van der Waals surface area contributed by atoms with E-state index < -0.39 is 20.9 Å². The Labute approximate surface area is 125 Å². The number of halogens is 3. The Hall–Kier alpha value is -1.31. The lowest BCUT2D eigenvalue weighted by atomic mass is 10.3. The van der Waals surface area contributed by atoms with Crippen LogP contribution in [0.5, 0.6) is 0 Å². The van der Waals surface area contributed by atoms with Crippen molar-refractivity contribution < 1.29 is 12.8 Å². The van der Waals surface area contributed by atoms with Crippen molar-refractivity contribution in [2.24, 2.45) is 7.05 Å². The van der Waals surface area contributed by atoms with E-state index in [0.29, 0.717) is 0 Å². The summed E-state index contributed by atoms with van der Waals surface area (Å²) in [5.74, 6) is -0.942. The third-order valence-electron chi connectivity index (χ3n) is 2.48. The van der Waals surface area contributed by atoms with Crippen LogP contribution in [0.2, 0.25) is 10.0 Å². The van der Waals surface area contributed by atoms with Gasteiger partial charge in [0.2, 0.25) is 5.95 Å². The van der Waals surface area contributed by atoms with E-state index in [9.17, 15) is 12.8 Å². The lowest BCUT2D eigenvalue weighted by Crippen LogP contribution is -2.15. The van der Waals surface area contributed by atoms with Crippen LogP contribution in [0.3, 0.4) is 0 Å². The van der Waals surface area contributed by atoms with E-state index in [1.54, 1.807) is 0 Å². The molecule has 1 N–H and O–H groups in total. The second kappa shape index (κ2) is 5.23. The van der Waals surface area contributed by atoms with Gasteiger partial charge >= 0.3 is 0 Å². The molecule has 0 fully saturated rings. The van der Waals surface area contributed by atoms with Gasteiger partial charge in [-0.05, 0) is 25.1 Å². The Bertz CT molecular complexity index is 754. The summed E-state index contributed by atoms with van der Waals surface area (Å²) >= 11 is 11.6. The van der Waals surface area contributed by atoms with Gasteiger partial charge in [-0.2, -0.15) is 9.49 Å². The predicted molar refractivity (Wildman–Crippen MR) is 75.2 cm³/mol. The van der Waals surface area contributed by atoms with E-state index in [2.05, 4.69) is 9.82 Å². The summed E-state index contributed by atoms with van der Waals surface area (Å²) in [5.41, 5.74) is 0.204. The van der Waals surface area contributed by atoms with E-state index in [-0.39, 0.29) is 21.4 Å². The predicted octanol–water partition coefficient (Wildman–Crippen LogP) is 2.98. The molecule has 0 saturated heterocycles. The Morgan fingerprint density at radius 1 is 1.25 bits per heavy atom. The van der Waals surface area contributed by atoms with Crippen molar-refractivity contribution in [2.75, 3.05) is 4.72 Å². The number of benzene rings is 1. The molecule has 20 heavy (non-hydrogen) atoms. The first-order valence-electron chi connectivity index (χ1n) is 5.39. The molecule has 0 spiro atoms. The van der Waals surface area contributed by atoms with Gasteiger partial charge in [-0.1, -0.05) is 23.2 Å². The van der Waals surface area contributed by atoms with Crippen molar-refractivity contribution in [1.29, 1.82) is 0 Å². The molecule has 9 heteroatoms. The zero-order chi connectivity index (χ0) is 15.1. The Morgan fingerprint density at radius 2 is 1.80 bits per heavy atom. The molecule has 0 atom stereocenters. The van der Waals surface area contributed by atoms with Crippen molar-refractivity contribution in [1.82, 2.24) is 9.78 Å². The summed E-state index contributed by atoms with van der Waals surface area (Å²) in [6, 6.07) is 4.19. The van der Waals surface area contributed by atoms with E-state index in [4.69, 9.17) is 23.2 Å². The maximum Gasteiger partial charge on any atom is 0.268 e. The SMILES string of the molecule is Cc1nn(C)c(F)c1S(=O)(=O)Nc1cc(Cl)cc(Cl)c1. The van der Waals surface area contributed by atoms with Crippen molar-refractivity contribution in [2.45, 2.75) is 11.8 Å². The highest BCUT2D eigenvalue weighted by molar-refractivity contribution is 7.92. The third-order valence-corrected chi connectivity index (χ3v) is 4.43. The number of anilines is 1. The largest absolute Gasteiger partial charge is 0.279 e. The fourth-order valence-corrected chi connectivity index (χ4v) is 3.57. The number of hydrogen-bond donors (Lipinski definition) is 1. The molecule has 2 aromatic rings. The number of nitrogens with one attached hydrogen (secondary N) is 1. The van der Waals surface area contributed by atoms with Crippen molar-refractivity contribution in [3.63, 3.8) is 0 Å². The Kier molecular flexibility index (Phi) is 3.95. The summed E-state index contributed by atoms with van der Waals surface area (Å²) in [4.78, 5) is -0.504. The van der Waals surface area contributed by atoms with E-state index in [1.807, 2.05) is 0 Å². The molecule has 0 aliphatic heterocycles. The second-order valence-corrected chi connectivity index (χ2v) is 6.58. The molecule has 5 nitrogen and oxygen atoms in total. The van der Waals surface area contributed by atoms with Crippen LogP contribution in [0.15, 0.2) is 23.1 Å². The van der Waals surface area contributed by atoms with Gasteiger partial charge in [-0.25, -0.2) is 13.1 Å². The first-order valence-corrected chi connectivity index (χ1v) is 7.62. The van der Waals surface area contributed by atoms with Crippen LogP contribution in [0, 0.1) is 12.9 Å². The first kappa shape index (κ1) is 15.1. The van der Waals surface area contributed by atoms with Gasteiger partial charge in [0.1, 0.15) is 0 Å². The molecule has 108 valence electrons. The van der Waals surface area contributed by atoms with Crippen molar-refractivity contribution >= 4 is 38.9 Å². The fraction of sp³-hybridized carbons (Fsp3) is 0.182. The molecule has 0 amide bonds. The average molecular weight is 338 g/mol. The van der Waals surface area contributed by atoms with E-state index >= 15 is 0 Å². The maximum atomic E-state index is 13.8. The molecule has 2 rings (SSSR count). The van der Waals surface area contributed by atoms with Crippen LogP contribution in [0.25, 0.3) is 0 Å². The van der Waals surface area contributed by atoms with Crippen LogP contribution < -0.4 is 4.72 Å². The normalized spacial score (nSPS) is 11.7. The maximum absolute atomic E-state index is 13.8. The molecule has 0 saturated carbocycles. The second-order valence-electron chi connectivity index (χ2n) is 4.09. The lowest BCUT2D eigenvalue weighted by Gasteiger charge is -2.08. The Morgan fingerprint density at radius 3 is 2.25 bits per heavy atom. The molecule has 1 aromatic heterocycles. The highest BCUT2D eigenvalue weighted by Gasteiger charge is 2.26. The molecule has 0 unspecified atom stereocenters. The summed E-state index contributed by atoms with van der Waals surface area (Å²) in [6.45, 7) is 1.41. The van der Waals surface area contributed by atoms with Crippen molar-refractivity contribution in [3.05, 3.63) is 39.9 Å². The molecule has 1 aromatic carbocycles. The molecule has 0 aliphatic carbocycles. The van der Waals surface area contributed by atoms with Crippen LogP contribution in [-0.4, -0.2) is 18.2 Å². The first-order chi connectivity index (χ1) is 9.20. The quantitative estimate of drug-likeness (QED) is 0.936. The molecule has 0 bridgehead atoms. The standard InChI is InChI=1S/C11H10Cl2FN3O2S/c1-6-10(11(14)17(2)15-6)20(18,19)16-9-4-7(12)3-8(13)5-9/h3-5,16H,1-2H3. The highest BCUT2D eigenvalue weighted by Crippen LogP contribution is 2.26. The minimum atomic E-state index is -4.11. The number of rotatable bonds is 3. The van der Waals surface area contributed by atoms with Gasteiger partial charge in [0, 0.05) is 17.1 Å². The van der Waals surface area contributed by atoms with Gasteiger partial charge in [0.05, 0.1) is 11.4 Å². The zero-order valence-electron chi connectivity index (χ0n) is 10.5. The summed E-state index contributed by atoms with van der Waals surface area (Å²) in [7, 11) is -2.80. The van der Waals surface area contributed by atoms with Gasteiger partial charge in [0.15, 0.2) is 4.90 Å². The van der Waals surface area contributed by atoms with Crippen LogP contribution in [0.4, 0.5) is 10.1 Å². The van der Waals surface area contributed by atoms with E-state index in [1.165, 1.54) is 32.2 Å². The molecule has 1 heterocycles. The van der Waals surface area contributed by atoms with Gasteiger partial charge < -0.3 is 0 Å².